The lowest BCUT2D eigenvalue weighted by molar-refractivity contribution is 0.0697. The monoisotopic (exact) mass is 459 g/mol. The molecule has 0 N–H and O–H groups in total. The van der Waals surface area contributed by atoms with E-state index in [0.29, 0.717) is 31.0 Å². The molecule has 4 aromatic rings. The highest BCUT2D eigenvalue weighted by molar-refractivity contribution is 5.94. The number of carbonyl (C=O) groups excluding carboxylic acids is 1. The minimum atomic E-state index is -0.258. The Morgan fingerprint density at radius 1 is 1.12 bits per heavy atom. The van der Waals surface area contributed by atoms with Crippen molar-refractivity contribution < 1.29 is 13.6 Å². The van der Waals surface area contributed by atoms with Gasteiger partial charge in [-0.15, -0.1) is 0 Å². The maximum atomic E-state index is 13.2. The molecule has 0 radical (unpaired) electrons. The van der Waals surface area contributed by atoms with E-state index in [1.165, 1.54) is 12.1 Å². The molecule has 0 bridgehead atoms. The number of aromatic nitrogens is 4. The number of oxazole rings is 1. The summed E-state index contributed by atoms with van der Waals surface area (Å²) in [6.07, 6.45) is 10.1. The highest BCUT2D eigenvalue weighted by Gasteiger charge is 2.28. The van der Waals surface area contributed by atoms with Gasteiger partial charge in [0.05, 0.1) is 17.7 Å². The van der Waals surface area contributed by atoms with Crippen LogP contribution in [0.1, 0.15) is 59.1 Å². The molecule has 1 atom stereocenters. The lowest BCUT2D eigenvalue weighted by Crippen LogP contribution is -2.39. The van der Waals surface area contributed by atoms with Crippen molar-refractivity contribution in [2.24, 2.45) is 0 Å². The van der Waals surface area contributed by atoms with Crippen molar-refractivity contribution in [1.82, 2.24) is 24.4 Å². The second-order valence-corrected chi connectivity index (χ2v) is 8.53. The number of carbonyl (C=O) groups is 1. The van der Waals surface area contributed by atoms with E-state index in [2.05, 4.69) is 15.0 Å². The van der Waals surface area contributed by atoms with Crippen molar-refractivity contribution in [3.8, 4) is 5.82 Å². The lowest BCUT2D eigenvalue weighted by Gasteiger charge is -2.31. The van der Waals surface area contributed by atoms with Crippen molar-refractivity contribution in [1.29, 1.82) is 0 Å². The standard InChI is InChI=1S/C26H26FN5O2/c1-2-23-28-11-13-32(23)24-10-7-19(15-29-24)26(33)31-12-3-4-20(17-31)25-30-16-22(34-25)14-18-5-8-21(27)9-6-18/h5-11,13,15-16,20H,2-4,12,14,17H2,1H3/t20-/m0/s1. The molecule has 5 rings (SSSR count). The molecule has 8 heteroatoms. The molecule has 174 valence electrons. The number of benzene rings is 1. The first kappa shape index (κ1) is 22.0. The average molecular weight is 460 g/mol. The van der Waals surface area contributed by atoms with Crippen molar-refractivity contribution >= 4 is 5.91 Å². The number of aryl methyl sites for hydroxylation is 1. The van der Waals surface area contributed by atoms with Crippen molar-refractivity contribution in [3.63, 3.8) is 0 Å². The van der Waals surface area contributed by atoms with E-state index in [4.69, 9.17) is 4.42 Å². The summed E-state index contributed by atoms with van der Waals surface area (Å²) in [7, 11) is 0. The van der Waals surface area contributed by atoms with Crippen LogP contribution in [0.2, 0.25) is 0 Å². The number of piperidine rings is 1. The Balaban J connectivity index is 1.25. The Hall–Kier alpha value is -3.81. The number of hydrogen-bond donors (Lipinski definition) is 0. The number of halogens is 1. The summed E-state index contributed by atoms with van der Waals surface area (Å²) in [4.78, 5) is 28.3. The second kappa shape index (κ2) is 9.59. The fraction of sp³-hybridized carbons (Fsp3) is 0.308. The van der Waals surface area contributed by atoms with Gasteiger partial charge in [0, 0.05) is 44.5 Å². The number of likely N-dealkylation sites (tertiary alicyclic amines) is 1. The molecule has 0 unspecified atom stereocenters. The van der Waals surface area contributed by atoms with Crippen LogP contribution in [0.3, 0.4) is 0 Å². The van der Waals surface area contributed by atoms with Crippen LogP contribution in [0.15, 0.2) is 65.6 Å². The van der Waals surface area contributed by atoms with Gasteiger partial charge in [0.2, 0.25) is 0 Å². The van der Waals surface area contributed by atoms with Crippen molar-refractivity contribution in [2.75, 3.05) is 13.1 Å². The first-order valence-electron chi connectivity index (χ1n) is 11.6. The summed E-state index contributed by atoms with van der Waals surface area (Å²) in [5.74, 6) is 2.80. The van der Waals surface area contributed by atoms with Crippen LogP contribution in [-0.4, -0.2) is 43.4 Å². The fourth-order valence-electron chi connectivity index (χ4n) is 4.40. The Morgan fingerprint density at radius 3 is 2.74 bits per heavy atom. The van der Waals surface area contributed by atoms with Gasteiger partial charge in [-0.2, -0.15) is 0 Å². The van der Waals surface area contributed by atoms with Crippen LogP contribution in [0.4, 0.5) is 4.39 Å². The molecule has 0 saturated carbocycles. The van der Waals surface area contributed by atoms with Crippen LogP contribution in [0.25, 0.3) is 5.82 Å². The summed E-state index contributed by atoms with van der Waals surface area (Å²) in [6.45, 7) is 3.30. The van der Waals surface area contributed by atoms with E-state index < -0.39 is 0 Å². The molecule has 1 amide bonds. The maximum absolute atomic E-state index is 13.2. The summed E-state index contributed by atoms with van der Waals surface area (Å²) in [5, 5.41) is 0. The average Bonchev–Trinajstić information content (AvgIpc) is 3.55. The van der Waals surface area contributed by atoms with E-state index >= 15 is 0 Å². The molecule has 7 nitrogen and oxygen atoms in total. The molecule has 3 aromatic heterocycles. The predicted octanol–water partition coefficient (Wildman–Crippen LogP) is 4.57. The molecule has 34 heavy (non-hydrogen) atoms. The molecule has 1 fully saturated rings. The minimum Gasteiger partial charge on any atom is -0.445 e. The van der Waals surface area contributed by atoms with Gasteiger partial charge in [-0.1, -0.05) is 19.1 Å². The normalized spacial score (nSPS) is 16.1. The van der Waals surface area contributed by atoms with Gasteiger partial charge >= 0.3 is 0 Å². The molecule has 1 saturated heterocycles. The highest BCUT2D eigenvalue weighted by atomic mass is 19.1. The predicted molar refractivity (Wildman–Crippen MR) is 124 cm³/mol. The smallest absolute Gasteiger partial charge is 0.255 e. The lowest BCUT2D eigenvalue weighted by atomic mass is 9.97. The van der Waals surface area contributed by atoms with Gasteiger partial charge in [0.25, 0.3) is 5.91 Å². The SMILES string of the molecule is CCc1nccn1-c1ccc(C(=O)N2CCC[C@H](c3ncc(Cc4ccc(F)cc4)o3)C2)cn1. The van der Waals surface area contributed by atoms with E-state index in [1.807, 2.05) is 34.7 Å². The fourth-order valence-corrected chi connectivity index (χ4v) is 4.40. The van der Waals surface area contributed by atoms with E-state index in [9.17, 15) is 9.18 Å². The third-order valence-corrected chi connectivity index (χ3v) is 6.20. The van der Waals surface area contributed by atoms with Crippen LogP contribution < -0.4 is 0 Å². The van der Waals surface area contributed by atoms with E-state index in [1.54, 1.807) is 30.7 Å². The summed E-state index contributed by atoms with van der Waals surface area (Å²) in [6, 6.07) is 10.0. The number of nitrogens with zero attached hydrogens (tertiary/aromatic N) is 5. The van der Waals surface area contributed by atoms with Crippen LogP contribution in [0, 0.1) is 5.82 Å². The molecule has 4 heterocycles. The second-order valence-electron chi connectivity index (χ2n) is 8.53. The molecule has 0 spiro atoms. The molecular formula is C26H26FN5O2. The molecule has 0 aliphatic carbocycles. The zero-order chi connectivity index (χ0) is 23.5. The molecule has 1 aliphatic rings. The number of hydrogen-bond acceptors (Lipinski definition) is 5. The Labute approximate surface area is 197 Å². The minimum absolute atomic E-state index is 0.0387. The van der Waals surface area contributed by atoms with Crippen LogP contribution in [0.5, 0.6) is 0 Å². The number of pyridine rings is 1. The van der Waals surface area contributed by atoms with Crippen molar-refractivity contribution in [2.45, 2.75) is 38.5 Å². The quantitative estimate of drug-likeness (QED) is 0.422. The number of amides is 1. The largest absolute Gasteiger partial charge is 0.445 e. The van der Waals surface area contributed by atoms with Gasteiger partial charge in [-0.3, -0.25) is 9.36 Å². The Kier molecular flexibility index (Phi) is 6.20. The third-order valence-electron chi connectivity index (χ3n) is 6.20. The van der Waals surface area contributed by atoms with Gasteiger partial charge in [0.1, 0.15) is 23.2 Å². The van der Waals surface area contributed by atoms with Gasteiger partial charge in [-0.25, -0.2) is 19.3 Å². The zero-order valence-electron chi connectivity index (χ0n) is 19.0. The zero-order valence-corrected chi connectivity index (χ0v) is 19.0. The molecule has 1 aromatic carbocycles. The highest BCUT2D eigenvalue weighted by Crippen LogP contribution is 2.28. The van der Waals surface area contributed by atoms with Crippen molar-refractivity contribution in [3.05, 3.63) is 95.6 Å². The number of imidazole rings is 1. The van der Waals surface area contributed by atoms with E-state index in [-0.39, 0.29) is 17.6 Å². The third kappa shape index (κ3) is 4.62. The summed E-state index contributed by atoms with van der Waals surface area (Å²) in [5.41, 5.74) is 1.52. The molecular weight excluding hydrogens is 433 g/mol. The maximum Gasteiger partial charge on any atom is 0.255 e. The van der Waals surface area contributed by atoms with Crippen LogP contribution >= 0.6 is 0 Å². The number of rotatable bonds is 6. The summed E-state index contributed by atoms with van der Waals surface area (Å²) < 4.78 is 21.1. The first-order chi connectivity index (χ1) is 16.6. The van der Waals surface area contributed by atoms with E-state index in [0.717, 1.165) is 42.2 Å². The Bertz CT molecular complexity index is 1260. The first-order valence-corrected chi connectivity index (χ1v) is 11.6. The van der Waals surface area contributed by atoms with Gasteiger partial charge in [0.15, 0.2) is 5.89 Å². The summed E-state index contributed by atoms with van der Waals surface area (Å²) >= 11 is 0. The van der Waals surface area contributed by atoms with Gasteiger partial charge < -0.3 is 9.32 Å². The topological polar surface area (TPSA) is 77.0 Å². The molecule has 1 aliphatic heterocycles. The Morgan fingerprint density at radius 2 is 1.97 bits per heavy atom. The van der Waals surface area contributed by atoms with Gasteiger partial charge in [-0.05, 0) is 42.7 Å². The van der Waals surface area contributed by atoms with Crippen LogP contribution in [-0.2, 0) is 12.8 Å².